The van der Waals surface area contributed by atoms with Crippen LogP contribution >= 0.6 is 23.4 Å². The number of hydrogen-bond acceptors (Lipinski definition) is 3. The van der Waals surface area contributed by atoms with Crippen LogP contribution in [-0.2, 0) is 16.1 Å². The van der Waals surface area contributed by atoms with E-state index in [2.05, 4.69) is 5.32 Å². The van der Waals surface area contributed by atoms with Crippen LogP contribution in [0.5, 0.6) is 0 Å². The molecule has 5 nitrogen and oxygen atoms in total. The molecule has 0 unspecified atom stereocenters. The van der Waals surface area contributed by atoms with Crippen LogP contribution in [0.4, 0.5) is 5.69 Å². The van der Waals surface area contributed by atoms with Crippen molar-refractivity contribution in [3.05, 3.63) is 59.2 Å². The Morgan fingerprint density at radius 3 is 2.67 bits per heavy atom. The lowest BCUT2D eigenvalue weighted by atomic mass is 10.2. The standard InChI is InChI=1S/C23H24ClN3O2S/c1-16-8-9-17(12-19(16)24)25-22(28)15-30-21-13-27(20-7-3-2-6-18(20)21)14-23(29)26-10-4-5-11-26/h2-3,6-9,12-13H,4-5,10-11,14-15H2,1H3,(H,25,28). The van der Waals surface area contributed by atoms with Crippen LogP contribution in [0.15, 0.2) is 53.6 Å². The summed E-state index contributed by atoms with van der Waals surface area (Å²) in [4.78, 5) is 28.0. The van der Waals surface area contributed by atoms with Gasteiger partial charge in [-0.15, -0.1) is 11.8 Å². The number of carbonyl (C=O) groups is 2. The summed E-state index contributed by atoms with van der Waals surface area (Å²) in [6, 6.07) is 13.5. The van der Waals surface area contributed by atoms with Crippen LogP contribution in [0.3, 0.4) is 0 Å². The molecule has 2 aromatic carbocycles. The molecule has 30 heavy (non-hydrogen) atoms. The van der Waals surface area contributed by atoms with Gasteiger partial charge in [0, 0.05) is 45.8 Å². The van der Waals surface area contributed by atoms with E-state index in [-0.39, 0.29) is 17.6 Å². The first-order valence-electron chi connectivity index (χ1n) is 10.1. The summed E-state index contributed by atoms with van der Waals surface area (Å²) in [6.07, 6.45) is 4.15. The molecule has 4 rings (SSSR count). The SMILES string of the molecule is Cc1ccc(NC(=O)CSc2cn(CC(=O)N3CCCC3)c3ccccc23)cc1Cl. The van der Waals surface area contributed by atoms with Gasteiger partial charge in [0.15, 0.2) is 0 Å². The number of fused-ring (bicyclic) bond motifs is 1. The molecule has 1 aliphatic heterocycles. The van der Waals surface area contributed by atoms with E-state index in [9.17, 15) is 9.59 Å². The van der Waals surface area contributed by atoms with E-state index in [1.807, 2.05) is 59.0 Å². The molecule has 1 aromatic heterocycles. The molecular weight excluding hydrogens is 418 g/mol. The lowest BCUT2D eigenvalue weighted by Gasteiger charge is -2.15. The van der Waals surface area contributed by atoms with Crippen molar-refractivity contribution in [2.45, 2.75) is 31.2 Å². The lowest BCUT2D eigenvalue weighted by molar-refractivity contribution is -0.130. The molecule has 1 N–H and O–H groups in total. The number of aryl methyl sites for hydroxylation is 1. The zero-order chi connectivity index (χ0) is 21.1. The van der Waals surface area contributed by atoms with Gasteiger partial charge in [-0.1, -0.05) is 35.9 Å². The summed E-state index contributed by atoms with van der Waals surface area (Å²) in [5.74, 6) is 0.336. The van der Waals surface area contributed by atoms with Crippen LogP contribution in [0, 0.1) is 6.92 Å². The number of hydrogen-bond donors (Lipinski definition) is 1. The predicted molar refractivity (Wildman–Crippen MR) is 123 cm³/mol. The van der Waals surface area contributed by atoms with Crippen LogP contribution in [0.1, 0.15) is 18.4 Å². The number of amides is 2. The van der Waals surface area contributed by atoms with E-state index in [0.717, 1.165) is 47.3 Å². The zero-order valence-corrected chi connectivity index (χ0v) is 18.4. The number of aromatic nitrogens is 1. The van der Waals surface area contributed by atoms with Crippen molar-refractivity contribution in [2.75, 3.05) is 24.2 Å². The quantitative estimate of drug-likeness (QED) is 0.550. The van der Waals surface area contributed by atoms with Gasteiger partial charge < -0.3 is 14.8 Å². The maximum absolute atomic E-state index is 12.6. The average molecular weight is 442 g/mol. The number of rotatable bonds is 6. The highest BCUT2D eigenvalue weighted by atomic mass is 35.5. The number of nitrogens with zero attached hydrogens (tertiary/aromatic N) is 2. The van der Waals surface area contributed by atoms with Gasteiger partial charge in [-0.2, -0.15) is 0 Å². The Hall–Kier alpha value is -2.44. The van der Waals surface area contributed by atoms with Crippen LogP contribution < -0.4 is 5.32 Å². The molecule has 7 heteroatoms. The Balaban J connectivity index is 1.45. The number of para-hydroxylation sites is 1. The van der Waals surface area contributed by atoms with E-state index in [1.165, 1.54) is 11.8 Å². The molecule has 1 fully saturated rings. The largest absolute Gasteiger partial charge is 0.341 e. The smallest absolute Gasteiger partial charge is 0.242 e. The van der Waals surface area contributed by atoms with E-state index in [0.29, 0.717) is 17.3 Å². The monoisotopic (exact) mass is 441 g/mol. The van der Waals surface area contributed by atoms with Gasteiger partial charge in [0.1, 0.15) is 6.54 Å². The molecule has 0 aliphatic carbocycles. The minimum Gasteiger partial charge on any atom is -0.341 e. The Kier molecular flexibility index (Phi) is 6.35. The minimum absolute atomic E-state index is 0.0927. The van der Waals surface area contributed by atoms with E-state index >= 15 is 0 Å². The molecule has 2 heterocycles. The van der Waals surface area contributed by atoms with Crippen molar-refractivity contribution in [1.82, 2.24) is 9.47 Å². The van der Waals surface area contributed by atoms with Gasteiger partial charge >= 0.3 is 0 Å². The molecular formula is C23H24ClN3O2S. The van der Waals surface area contributed by atoms with Gasteiger partial charge in [-0.25, -0.2) is 0 Å². The number of thioether (sulfide) groups is 1. The zero-order valence-electron chi connectivity index (χ0n) is 16.9. The van der Waals surface area contributed by atoms with Crippen LogP contribution in [0.25, 0.3) is 10.9 Å². The highest BCUT2D eigenvalue weighted by Gasteiger charge is 2.19. The third kappa shape index (κ3) is 4.65. The Morgan fingerprint density at radius 2 is 1.90 bits per heavy atom. The first-order chi connectivity index (χ1) is 14.5. The number of nitrogens with one attached hydrogen (secondary N) is 1. The molecule has 0 atom stereocenters. The normalized spacial score (nSPS) is 13.7. The average Bonchev–Trinajstić information content (AvgIpc) is 3.38. The van der Waals surface area contributed by atoms with Crippen molar-refractivity contribution in [1.29, 1.82) is 0 Å². The number of likely N-dealkylation sites (tertiary alicyclic amines) is 1. The fourth-order valence-corrected chi connectivity index (χ4v) is 4.75. The third-order valence-corrected chi connectivity index (χ3v) is 6.78. The number of benzene rings is 2. The molecule has 2 amide bonds. The van der Waals surface area contributed by atoms with Crippen molar-refractivity contribution in [3.8, 4) is 0 Å². The van der Waals surface area contributed by atoms with Crippen molar-refractivity contribution < 1.29 is 9.59 Å². The van der Waals surface area contributed by atoms with Gasteiger partial charge in [0.2, 0.25) is 11.8 Å². The van der Waals surface area contributed by atoms with Crippen LogP contribution in [0.2, 0.25) is 5.02 Å². The molecule has 1 saturated heterocycles. The maximum atomic E-state index is 12.6. The highest BCUT2D eigenvalue weighted by molar-refractivity contribution is 8.00. The summed E-state index contributed by atoms with van der Waals surface area (Å²) in [6.45, 7) is 3.95. The van der Waals surface area contributed by atoms with Crippen molar-refractivity contribution in [3.63, 3.8) is 0 Å². The second kappa shape index (κ2) is 9.14. The molecule has 0 radical (unpaired) electrons. The summed E-state index contributed by atoms with van der Waals surface area (Å²) in [7, 11) is 0. The maximum Gasteiger partial charge on any atom is 0.242 e. The lowest BCUT2D eigenvalue weighted by Crippen LogP contribution is -2.30. The highest BCUT2D eigenvalue weighted by Crippen LogP contribution is 2.30. The second-order valence-electron chi connectivity index (χ2n) is 7.53. The van der Waals surface area contributed by atoms with Gasteiger partial charge in [-0.3, -0.25) is 9.59 Å². The molecule has 0 bridgehead atoms. The second-order valence-corrected chi connectivity index (χ2v) is 8.95. The number of anilines is 1. The Bertz CT molecular complexity index is 1090. The third-order valence-electron chi connectivity index (χ3n) is 5.33. The first kappa shape index (κ1) is 20.8. The van der Waals surface area contributed by atoms with E-state index in [4.69, 9.17) is 11.6 Å². The fourth-order valence-electron chi connectivity index (χ4n) is 3.68. The Labute approximate surface area is 185 Å². The Morgan fingerprint density at radius 1 is 1.13 bits per heavy atom. The molecule has 0 spiro atoms. The summed E-state index contributed by atoms with van der Waals surface area (Å²) in [5, 5.41) is 4.58. The van der Waals surface area contributed by atoms with E-state index < -0.39 is 0 Å². The first-order valence-corrected chi connectivity index (χ1v) is 11.4. The molecule has 3 aromatic rings. The summed E-state index contributed by atoms with van der Waals surface area (Å²) in [5.41, 5.74) is 2.67. The topological polar surface area (TPSA) is 54.3 Å². The van der Waals surface area contributed by atoms with Gasteiger partial charge in [-0.05, 0) is 43.5 Å². The number of halogens is 1. The summed E-state index contributed by atoms with van der Waals surface area (Å²) < 4.78 is 2.00. The fraction of sp³-hybridized carbons (Fsp3) is 0.304. The molecule has 1 aliphatic rings. The van der Waals surface area contributed by atoms with Gasteiger partial charge in [0.25, 0.3) is 0 Å². The molecule has 0 saturated carbocycles. The van der Waals surface area contributed by atoms with Gasteiger partial charge in [0.05, 0.1) is 5.75 Å². The summed E-state index contributed by atoms with van der Waals surface area (Å²) >= 11 is 7.61. The van der Waals surface area contributed by atoms with E-state index in [1.54, 1.807) is 6.07 Å². The predicted octanol–water partition coefficient (Wildman–Crippen LogP) is 4.96. The molecule has 156 valence electrons. The van der Waals surface area contributed by atoms with Crippen molar-refractivity contribution in [2.24, 2.45) is 0 Å². The van der Waals surface area contributed by atoms with Crippen LogP contribution in [-0.4, -0.2) is 40.1 Å². The van der Waals surface area contributed by atoms with Crippen molar-refractivity contribution >= 4 is 51.8 Å². The minimum atomic E-state index is -0.0927. The number of carbonyl (C=O) groups excluding carboxylic acids is 2.